The zero-order valence-corrected chi connectivity index (χ0v) is 12.9. The van der Waals surface area contributed by atoms with Crippen LogP contribution in [0, 0.1) is 0 Å². The molecule has 0 aliphatic rings. The molecule has 0 aliphatic heterocycles. The third kappa shape index (κ3) is 4.62. The molecular weight excluding hydrogens is 288 g/mol. The molecule has 2 rings (SSSR count). The van der Waals surface area contributed by atoms with Crippen LogP contribution in [0.1, 0.15) is 24.3 Å². The van der Waals surface area contributed by atoms with Gasteiger partial charge in [0.15, 0.2) is 0 Å². The van der Waals surface area contributed by atoms with Crippen molar-refractivity contribution in [2.75, 3.05) is 13.6 Å². The Morgan fingerprint density at radius 2 is 2.19 bits per heavy atom. The van der Waals surface area contributed by atoms with Gasteiger partial charge in [-0.1, -0.05) is 23.7 Å². The van der Waals surface area contributed by atoms with Crippen LogP contribution in [-0.2, 0) is 11.3 Å². The number of likely N-dealkylation sites (N-methyl/N-ethyl adjacent to an activating group) is 1. The Labute approximate surface area is 129 Å². The molecule has 0 spiro atoms. The summed E-state index contributed by atoms with van der Waals surface area (Å²) in [4.78, 5) is 13.9. The second-order valence-corrected chi connectivity index (χ2v) is 5.44. The van der Waals surface area contributed by atoms with E-state index in [9.17, 15) is 4.79 Å². The van der Waals surface area contributed by atoms with Crippen LogP contribution in [-0.4, -0.2) is 24.4 Å². The van der Waals surface area contributed by atoms with Crippen molar-refractivity contribution in [3.63, 3.8) is 0 Å². The molecule has 1 aromatic carbocycles. The van der Waals surface area contributed by atoms with Gasteiger partial charge in [-0.2, -0.15) is 0 Å². The van der Waals surface area contributed by atoms with Crippen LogP contribution in [0.4, 0.5) is 0 Å². The van der Waals surface area contributed by atoms with Gasteiger partial charge >= 0.3 is 0 Å². The second-order valence-electron chi connectivity index (χ2n) is 5.00. The molecule has 0 bridgehead atoms. The number of benzene rings is 1. The van der Waals surface area contributed by atoms with Gasteiger partial charge in [0.25, 0.3) is 0 Å². The lowest BCUT2D eigenvalue weighted by atomic mass is 10.1. The Bertz CT molecular complexity index is 584. The van der Waals surface area contributed by atoms with E-state index in [-0.39, 0.29) is 11.9 Å². The van der Waals surface area contributed by atoms with Crippen LogP contribution >= 0.6 is 11.6 Å². The predicted octanol–water partition coefficient (Wildman–Crippen LogP) is 3.24. The normalized spacial score (nSPS) is 12.4. The summed E-state index contributed by atoms with van der Waals surface area (Å²) in [6.45, 7) is 2.77. The molecule has 1 heterocycles. The fourth-order valence-electron chi connectivity index (χ4n) is 2.04. The highest BCUT2D eigenvalue weighted by Gasteiger charge is 2.15. The first kappa shape index (κ1) is 15.6. The Balaban J connectivity index is 1.85. The summed E-state index contributed by atoms with van der Waals surface area (Å²) in [6, 6.07) is 11.4. The van der Waals surface area contributed by atoms with E-state index < -0.39 is 0 Å². The summed E-state index contributed by atoms with van der Waals surface area (Å²) in [5.74, 6) is 0.705. The van der Waals surface area contributed by atoms with E-state index in [1.807, 2.05) is 49.2 Å². The number of nitrogens with one attached hydrogen (secondary N) is 1. The van der Waals surface area contributed by atoms with Crippen LogP contribution < -0.4 is 5.32 Å². The molecule has 1 atom stereocenters. The van der Waals surface area contributed by atoms with Crippen LogP contribution in [0.2, 0.25) is 5.02 Å². The van der Waals surface area contributed by atoms with E-state index in [2.05, 4.69) is 5.32 Å². The van der Waals surface area contributed by atoms with Gasteiger partial charge in [0.2, 0.25) is 5.91 Å². The molecule has 1 N–H and O–H groups in total. The van der Waals surface area contributed by atoms with Gasteiger partial charge in [-0.15, -0.1) is 0 Å². The number of hydrogen-bond donors (Lipinski definition) is 1. The van der Waals surface area contributed by atoms with Crippen LogP contribution in [0.25, 0.3) is 0 Å². The van der Waals surface area contributed by atoms with Gasteiger partial charge < -0.3 is 9.73 Å². The van der Waals surface area contributed by atoms with Crippen molar-refractivity contribution in [2.45, 2.75) is 19.5 Å². The monoisotopic (exact) mass is 306 g/mol. The molecule has 2 aromatic rings. The van der Waals surface area contributed by atoms with Crippen LogP contribution in [0.15, 0.2) is 47.1 Å². The molecule has 1 unspecified atom stereocenters. The highest BCUT2D eigenvalue weighted by atomic mass is 35.5. The van der Waals surface area contributed by atoms with E-state index in [1.165, 1.54) is 0 Å². The van der Waals surface area contributed by atoms with Gasteiger partial charge in [-0.05, 0) is 43.8 Å². The van der Waals surface area contributed by atoms with Gasteiger partial charge in [-0.3, -0.25) is 9.69 Å². The van der Waals surface area contributed by atoms with E-state index in [0.29, 0.717) is 18.1 Å². The van der Waals surface area contributed by atoms with Crippen LogP contribution in [0.3, 0.4) is 0 Å². The Kier molecular flexibility index (Phi) is 5.42. The number of halogens is 1. The first-order chi connectivity index (χ1) is 10.1. The van der Waals surface area contributed by atoms with Crippen molar-refractivity contribution in [3.05, 3.63) is 59.0 Å². The Hall–Kier alpha value is -1.78. The lowest BCUT2D eigenvalue weighted by Gasteiger charge is -2.24. The van der Waals surface area contributed by atoms with Gasteiger partial charge in [-0.25, -0.2) is 0 Å². The SMILES string of the molecule is CC(c1cccc(Cl)c1)N(C)CC(=O)NCc1ccco1. The maximum absolute atomic E-state index is 11.9. The highest BCUT2D eigenvalue weighted by Crippen LogP contribution is 2.21. The van der Waals surface area contributed by atoms with Crippen molar-refractivity contribution in [1.29, 1.82) is 0 Å². The van der Waals surface area contributed by atoms with E-state index in [4.69, 9.17) is 16.0 Å². The molecule has 0 saturated carbocycles. The molecule has 0 saturated heterocycles. The zero-order chi connectivity index (χ0) is 15.2. The molecule has 112 valence electrons. The number of hydrogen-bond acceptors (Lipinski definition) is 3. The fraction of sp³-hybridized carbons (Fsp3) is 0.312. The number of carbonyl (C=O) groups is 1. The molecular formula is C16H19ClN2O2. The molecule has 0 fully saturated rings. The molecule has 21 heavy (non-hydrogen) atoms. The number of amides is 1. The minimum atomic E-state index is -0.0391. The van der Waals surface area contributed by atoms with Crippen molar-refractivity contribution in [1.82, 2.24) is 10.2 Å². The van der Waals surface area contributed by atoms with Crippen molar-refractivity contribution >= 4 is 17.5 Å². The standard InChI is InChI=1S/C16H19ClN2O2/c1-12(13-5-3-6-14(17)9-13)19(2)11-16(20)18-10-15-7-4-8-21-15/h3-9,12H,10-11H2,1-2H3,(H,18,20). The minimum Gasteiger partial charge on any atom is -0.467 e. The maximum Gasteiger partial charge on any atom is 0.234 e. The molecule has 5 heteroatoms. The Morgan fingerprint density at radius 1 is 1.38 bits per heavy atom. The predicted molar refractivity (Wildman–Crippen MR) is 83.1 cm³/mol. The number of nitrogens with zero attached hydrogens (tertiary/aromatic N) is 1. The first-order valence-corrected chi connectivity index (χ1v) is 7.19. The van der Waals surface area contributed by atoms with Crippen LogP contribution in [0.5, 0.6) is 0 Å². The van der Waals surface area contributed by atoms with Gasteiger partial charge in [0, 0.05) is 11.1 Å². The number of furan rings is 1. The third-order valence-corrected chi connectivity index (χ3v) is 3.66. The zero-order valence-electron chi connectivity index (χ0n) is 12.2. The van der Waals surface area contributed by atoms with Crippen molar-refractivity contribution < 1.29 is 9.21 Å². The molecule has 0 radical (unpaired) electrons. The lowest BCUT2D eigenvalue weighted by Crippen LogP contribution is -2.36. The average Bonchev–Trinajstić information content (AvgIpc) is 2.97. The molecule has 4 nitrogen and oxygen atoms in total. The smallest absolute Gasteiger partial charge is 0.234 e. The summed E-state index contributed by atoms with van der Waals surface area (Å²) in [7, 11) is 1.91. The maximum atomic E-state index is 11.9. The third-order valence-electron chi connectivity index (χ3n) is 3.43. The molecule has 1 amide bonds. The quantitative estimate of drug-likeness (QED) is 0.891. The summed E-state index contributed by atoms with van der Waals surface area (Å²) >= 11 is 6.00. The van der Waals surface area contributed by atoms with E-state index in [1.54, 1.807) is 12.3 Å². The lowest BCUT2D eigenvalue weighted by molar-refractivity contribution is -0.122. The minimum absolute atomic E-state index is 0.0391. The van der Waals surface area contributed by atoms with E-state index >= 15 is 0 Å². The first-order valence-electron chi connectivity index (χ1n) is 6.81. The highest BCUT2D eigenvalue weighted by molar-refractivity contribution is 6.30. The number of rotatable bonds is 6. The van der Waals surface area contributed by atoms with Crippen molar-refractivity contribution in [3.8, 4) is 0 Å². The molecule has 1 aromatic heterocycles. The Morgan fingerprint density at radius 3 is 2.86 bits per heavy atom. The van der Waals surface area contributed by atoms with Crippen molar-refractivity contribution in [2.24, 2.45) is 0 Å². The van der Waals surface area contributed by atoms with Gasteiger partial charge in [0.1, 0.15) is 5.76 Å². The fourth-order valence-corrected chi connectivity index (χ4v) is 2.24. The van der Waals surface area contributed by atoms with E-state index in [0.717, 1.165) is 11.3 Å². The topological polar surface area (TPSA) is 45.5 Å². The second kappa shape index (κ2) is 7.29. The summed E-state index contributed by atoms with van der Waals surface area (Å²) in [5.41, 5.74) is 1.09. The largest absolute Gasteiger partial charge is 0.467 e. The molecule has 0 aliphatic carbocycles. The number of carbonyl (C=O) groups excluding carboxylic acids is 1. The summed E-state index contributed by atoms with van der Waals surface area (Å²) in [5, 5.41) is 3.54. The average molecular weight is 307 g/mol. The summed E-state index contributed by atoms with van der Waals surface area (Å²) < 4.78 is 5.18. The summed E-state index contributed by atoms with van der Waals surface area (Å²) in [6.07, 6.45) is 1.59. The van der Waals surface area contributed by atoms with Gasteiger partial charge in [0.05, 0.1) is 19.4 Å².